The Labute approximate surface area is 205 Å². The molecule has 4 atom stereocenters. The lowest BCUT2D eigenvalue weighted by Gasteiger charge is -2.40. The first-order chi connectivity index (χ1) is 16.8. The number of carbonyl (C=O) groups excluding carboxylic acids is 2. The SMILES string of the molecule is COc1cc(CO)cc2c1OC1C2C(C(=O)NCCO)=CC(N(CC2CC2)C(=O)C=C(C)C)C1O. The molecule has 3 aliphatic rings. The van der Waals surface area contributed by atoms with Crippen molar-refractivity contribution in [3.05, 3.63) is 46.6 Å². The lowest BCUT2D eigenvalue weighted by Crippen LogP contribution is -2.56. The first-order valence-corrected chi connectivity index (χ1v) is 12.0. The topological polar surface area (TPSA) is 129 Å². The van der Waals surface area contributed by atoms with E-state index in [4.69, 9.17) is 9.47 Å². The number of amides is 2. The minimum absolute atomic E-state index is 0.0664. The average molecular weight is 487 g/mol. The number of carbonyl (C=O) groups is 2. The highest BCUT2D eigenvalue weighted by Crippen LogP contribution is 2.51. The third-order valence-corrected chi connectivity index (χ3v) is 6.70. The molecule has 1 aromatic rings. The summed E-state index contributed by atoms with van der Waals surface area (Å²) in [5.74, 6) is -0.0850. The number of fused-ring (bicyclic) bond motifs is 3. The van der Waals surface area contributed by atoms with Crippen LogP contribution in [0.5, 0.6) is 11.5 Å². The molecule has 0 bridgehead atoms. The van der Waals surface area contributed by atoms with Gasteiger partial charge in [-0.2, -0.15) is 0 Å². The second kappa shape index (κ2) is 10.4. The standard InChI is InChI=1S/C26H34N2O7/c1-14(2)8-21(31)28(12-15-4-5-15)19-11-18(26(33)27-6-7-29)22-17-9-16(13-30)10-20(34-3)24(17)35-25(22)23(19)32/h8-11,15,19,22-23,25,29-30,32H,4-7,12-13H2,1-3H3,(H,27,33). The minimum Gasteiger partial charge on any atom is -0.493 e. The van der Waals surface area contributed by atoms with Gasteiger partial charge < -0.3 is 35.0 Å². The Morgan fingerprint density at radius 1 is 1.26 bits per heavy atom. The van der Waals surface area contributed by atoms with Crippen molar-refractivity contribution in [1.29, 1.82) is 0 Å². The largest absolute Gasteiger partial charge is 0.493 e. The normalized spacial score (nSPS) is 24.5. The predicted molar refractivity (Wildman–Crippen MR) is 128 cm³/mol. The van der Waals surface area contributed by atoms with Crippen LogP contribution in [0, 0.1) is 5.92 Å². The summed E-state index contributed by atoms with van der Waals surface area (Å²) in [6.45, 7) is 3.78. The zero-order valence-electron chi connectivity index (χ0n) is 20.4. The predicted octanol–water partition coefficient (Wildman–Crippen LogP) is 1.01. The smallest absolute Gasteiger partial charge is 0.247 e. The summed E-state index contributed by atoms with van der Waals surface area (Å²) in [6, 6.07) is 2.64. The number of rotatable bonds is 9. The lowest BCUT2D eigenvalue weighted by molar-refractivity contribution is -0.132. The van der Waals surface area contributed by atoms with E-state index in [9.17, 15) is 24.9 Å². The van der Waals surface area contributed by atoms with E-state index in [0.717, 1.165) is 18.4 Å². The molecule has 0 spiro atoms. The molecule has 4 unspecified atom stereocenters. The van der Waals surface area contributed by atoms with Crippen molar-refractivity contribution >= 4 is 11.8 Å². The Morgan fingerprint density at radius 3 is 2.60 bits per heavy atom. The number of aliphatic hydroxyl groups is 3. The third-order valence-electron chi connectivity index (χ3n) is 6.70. The van der Waals surface area contributed by atoms with E-state index in [-0.39, 0.29) is 25.7 Å². The Morgan fingerprint density at radius 2 is 2.00 bits per heavy atom. The summed E-state index contributed by atoms with van der Waals surface area (Å²) >= 11 is 0. The molecule has 0 saturated heterocycles. The van der Waals surface area contributed by atoms with Crippen LogP contribution in [-0.2, 0) is 16.2 Å². The number of methoxy groups -OCH3 is 1. The van der Waals surface area contributed by atoms with Crippen LogP contribution in [0.2, 0.25) is 0 Å². The van der Waals surface area contributed by atoms with E-state index >= 15 is 0 Å². The molecule has 0 radical (unpaired) electrons. The lowest BCUT2D eigenvalue weighted by atomic mass is 9.77. The van der Waals surface area contributed by atoms with Crippen LogP contribution in [0.25, 0.3) is 0 Å². The van der Waals surface area contributed by atoms with Crippen LogP contribution >= 0.6 is 0 Å². The van der Waals surface area contributed by atoms with Gasteiger partial charge in [0, 0.05) is 30.3 Å². The molecule has 9 nitrogen and oxygen atoms in total. The van der Waals surface area contributed by atoms with Crippen LogP contribution in [-0.4, -0.2) is 77.1 Å². The molecule has 35 heavy (non-hydrogen) atoms. The van der Waals surface area contributed by atoms with Gasteiger partial charge in [0.25, 0.3) is 0 Å². The summed E-state index contributed by atoms with van der Waals surface area (Å²) < 4.78 is 11.7. The van der Waals surface area contributed by atoms with Gasteiger partial charge in [-0.1, -0.05) is 5.57 Å². The Kier molecular flexibility index (Phi) is 7.49. The van der Waals surface area contributed by atoms with Gasteiger partial charge in [0.2, 0.25) is 11.8 Å². The first-order valence-electron chi connectivity index (χ1n) is 12.0. The summed E-state index contributed by atoms with van der Waals surface area (Å²) in [5, 5.41) is 33.2. The molecule has 2 aliphatic carbocycles. The number of nitrogens with zero attached hydrogens (tertiary/aromatic N) is 1. The van der Waals surface area contributed by atoms with Gasteiger partial charge in [-0.25, -0.2) is 0 Å². The van der Waals surface area contributed by atoms with E-state index in [0.29, 0.717) is 40.7 Å². The number of benzene rings is 1. The first kappa shape index (κ1) is 25.2. The van der Waals surface area contributed by atoms with Gasteiger partial charge >= 0.3 is 0 Å². The van der Waals surface area contributed by atoms with Crippen LogP contribution in [0.3, 0.4) is 0 Å². The maximum atomic E-state index is 13.3. The fourth-order valence-corrected chi connectivity index (χ4v) is 4.89. The third kappa shape index (κ3) is 5.07. The van der Waals surface area contributed by atoms with Crippen molar-refractivity contribution in [2.75, 3.05) is 26.8 Å². The number of aliphatic hydroxyl groups excluding tert-OH is 3. The zero-order chi connectivity index (χ0) is 25.3. The molecule has 0 aromatic heterocycles. The summed E-state index contributed by atoms with van der Waals surface area (Å²) in [7, 11) is 1.49. The Balaban J connectivity index is 1.80. The maximum absolute atomic E-state index is 13.3. The van der Waals surface area contributed by atoms with Gasteiger partial charge in [0.1, 0.15) is 12.2 Å². The Bertz CT molecular complexity index is 1040. The second-order valence-electron chi connectivity index (χ2n) is 9.67. The van der Waals surface area contributed by atoms with E-state index in [1.165, 1.54) is 7.11 Å². The minimum atomic E-state index is -1.10. The molecule has 190 valence electrons. The zero-order valence-corrected chi connectivity index (χ0v) is 20.4. The van der Waals surface area contributed by atoms with Crippen LogP contribution in [0.4, 0.5) is 0 Å². The number of hydrogen-bond acceptors (Lipinski definition) is 7. The van der Waals surface area contributed by atoms with Crippen LogP contribution in [0.1, 0.15) is 43.7 Å². The number of allylic oxidation sites excluding steroid dienone is 1. The van der Waals surface area contributed by atoms with Crippen molar-refractivity contribution in [2.24, 2.45) is 5.92 Å². The second-order valence-corrected chi connectivity index (χ2v) is 9.67. The van der Waals surface area contributed by atoms with Crippen molar-refractivity contribution in [3.63, 3.8) is 0 Å². The van der Waals surface area contributed by atoms with Crippen molar-refractivity contribution in [1.82, 2.24) is 10.2 Å². The highest BCUT2D eigenvalue weighted by atomic mass is 16.5. The van der Waals surface area contributed by atoms with Gasteiger partial charge in [-0.3, -0.25) is 9.59 Å². The molecule has 9 heteroatoms. The average Bonchev–Trinajstić information content (AvgIpc) is 3.58. The fourth-order valence-electron chi connectivity index (χ4n) is 4.89. The maximum Gasteiger partial charge on any atom is 0.247 e. The van der Waals surface area contributed by atoms with Crippen LogP contribution in [0.15, 0.2) is 35.4 Å². The quantitative estimate of drug-likeness (QED) is 0.384. The fraction of sp³-hybridized carbons (Fsp3) is 0.538. The highest BCUT2D eigenvalue weighted by Gasteiger charge is 2.51. The van der Waals surface area contributed by atoms with Gasteiger partial charge in [0.05, 0.1) is 32.3 Å². The van der Waals surface area contributed by atoms with Crippen molar-refractivity contribution in [2.45, 2.75) is 57.5 Å². The molecule has 1 aliphatic heterocycles. The summed E-state index contributed by atoms with van der Waals surface area (Å²) in [6.07, 6.45) is 3.31. The molecule has 2 amide bonds. The van der Waals surface area contributed by atoms with E-state index in [1.54, 1.807) is 29.2 Å². The molecule has 1 heterocycles. The van der Waals surface area contributed by atoms with Gasteiger partial charge in [-0.05, 0) is 56.4 Å². The summed E-state index contributed by atoms with van der Waals surface area (Å²) in [5.41, 5.74) is 2.41. The van der Waals surface area contributed by atoms with E-state index in [2.05, 4.69) is 5.32 Å². The van der Waals surface area contributed by atoms with Gasteiger partial charge in [0.15, 0.2) is 11.5 Å². The molecule has 1 aromatic carbocycles. The number of hydrogen-bond donors (Lipinski definition) is 4. The molecule has 1 fully saturated rings. The monoisotopic (exact) mass is 486 g/mol. The highest BCUT2D eigenvalue weighted by molar-refractivity contribution is 5.96. The van der Waals surface area contributed by atoms with E-state index < -0.39 is 30.1 Å². The molecule has 4 N–H and O–H groups in total. The molecule has 1 saturated carbocycles. The van der Waals surface area contributed by atoms with Crippen molar-refractivity contribution < 1.29 is 34.4 Å². The number of nitrogens with one attached hydrogen (secondary N) is 1. The molecular formula is C26H34N2O7. The number of ether oxygens (including phenoxy) is 2. The van der Waals surface area contributed by atoms with Gasteiger partial charge in [-0.15, -0.1) is 0 Å². The molecular weight excluding hydrogens is 452 g/mol. The molecule has 4 rings (SSSR count). The Hall–Kier alpha value is -2.88. The van der Waals surface area contributed by atoms with Crippen molar-refractivity contribution in [3.8, 4) is 11.5 Å². The van der Waals surface area contributed by atoms with E-state index in [1.807, 2.05) is 13.8 Å². The van der Waals surface area contributed by atoms with Crippen LogP contribution < -0.4 is 14.8 Å². The summed E-state index contributed by atoms with van der Waals surface area (Å²) in [4.78, 5) is 28.1.